The zero-order chi connectivity index (χ0) is 13.5. The van der Waals surface area contributed by atoms with Crippen molar-refractivity contribution >= 4 is 15.7 Å². The molecule has 3 rings (SSSR count). The molecule has 5 nitrogen and oxygen atoms in total. The van der Waals surface area contributed by atoms with Crippen LogP contribution < -0.4 is 0 Å². The molecular weight excluding hydrogens is 264 g/mol. The lowest BCUT2D eigenvalue weighted by Crippen LogP contribution is -2.49. The predicted octanol–water partition coefficient (Wildman–Crippen LogP) is 0.262. The molecule has 3 aliphatic rings. The summed E-state index contributed by atoms with van der Waals surface area (Å²) in [5, 5.41) is 0. The minimum Gasteiger partial charge on any atom is -0.342 e. The molecule has 3 aliphatic heterocycles. The lowest BCUT2D eigenvalue weighted by molar-refractivity contribution is -0.132. The molecule has 0 N–H and O–H groups in total. The largest absolute Gasteiger partial charge is 0.342 e. The smallest absolute Gasteiger partial charge is 0.236 e. The van der Waals surface area contributed by atoms with Gasteiger partial charge in [-0.1, -0.05) is 0 Å². The van der Waals surface area contributed by atoms with Crippen LogP contribution in [0.4, 0.5) is 0 Å². The minimum absolute atomic E-state index is 0.183. The Morgan fingerprint density at radius 2 is 1.79 bits per heavy atom. The molecule has 0 aromatic carbocycles. The lowest BCUT2D eigenvalue weighted by atomic mass is 9.95. The van der Waals surface area contributed by atoms with Crippen LogP contribution in [0.1, 0.15) is 32.1 Å². The molecule has 1 amide bonds. The van der Waals surface area contributed by atoms with Gasteiger partial charge >= 0.3 is 0 Å². The number of nitrogens with zero attached hydrogens (tertiary/aromatic N) is 2. The quantitative estimate of drug-likeness (QED) is 0.731. The van der Waals surface area contributed by atoms with Gasteiger partial charge in [0.1, 0.15) is 0 Å². The van der Waals surface area contributed by atoms with Crippen molar-refractivity contribution < 1.29 is 13.2 Å². The fourth-order valence-corrected chi connectivity index (χ4v) is 5.94. The molecule has 1 spiro atoms. The molecule has 0 aromatic heterocycles. The topological polar surface area (TPSA) is 57.7 Å². The minimum atomic E-state index is -2.89. The second kappa shape index (κ2) is 4.74. The van der Waals surface area contributed by atoms with E-state index in [1.54, 1.807) is 0 Å². The Labute approximate surface area is 114 Å². The van der Waals surface area contributed by atoms with Crippen molar-refractivity contribution in [1.82, 2.24) is 9.80 Å². The second-order valence-electron chi connectivity index (χ2n) is 6.18. The average molecular weight is 286 g/mol. The fraction of sp³-hybridized carbons (Fsp3) is 0.923. The van der Waals surface area contributed by atoms with Crippen LogP contribution in [0.5, 0.6) is 0 Å². The van der Waals surface area contributed by atoms with Gasteiger partial charge < -0.3 is 4.90 Å². The Balaban J connectivity index is 1.68. The highest BCUT2D eigenvalue weighted by atomic mass is 32.2. The Kier molecular flexibility index (Phi) is 3.33. The number of carbonyl (C=O) groups excluding carboxylic acids is 1. The second-order valence-corrected chi connectivity index (χ2v) is 8.36. The molecular formula is C13H22N2O3S. The van der Waals surface area contributed by atoms with Crippen molar-refractivity contribution in [2.24, 2.45) is 0 Å². The summed E-state index contributed by atoms with van der Waals surface area (Å²) in [6.07, 6.45) is 4.86. The van der Waals surface area contributed by atoms with Gasteiger partial charge in [-0.15, -0.1) is 0 Å². The Morgan fingerprint density at radius 3 is 2.42 bits per heavy atom. The summed E-state index contributed by atoms with van der Waals surface area (Å²) in [7, 11) is -2.89. The Morgan fingerprint density at radius 1 is 1.05 bits per heavy atom. The monoisotopic (exact) mass is 286 g/mol. The van der Waals surface area contributed by atoms with Gasteiger partial charge in [-0.25, -0.2) is 8.42 Å². The van der Waals surface area contributed by atoms with Crippen LogP contribution in [0.15, 0.2) is 0 Å². The SMILES string of the molecule is O=C(CN1CCCC12CCS(=O)(=O)C2)N1CCCC1. The summed E-state index contributed by atoms with van der Waals surface area (Å²) < 4.78 is 23.5. The summed E-state index contributed by atoms with van der Waals surface area (Å²) in [5.74, 6) is 0.734. The molecule has 3 saturated heterocycles. The molecule has 108 valence electrons. The van der Waals surface area contributed by atoms with Crippen molar-refractivity contribution in [3.63, 3.8) is 0 Å². The molecule has 6 heteroatoms. The van der Waals surface area contributed by atoms with Crippen molar-refractivity contribution in [3.8, 4) is 0 Å². The van der Waals surface area contributed by atoms with Gasteiger partial charge in [-0.05, 0) is 38.6 Å². The highest BCUT2D eigenvalue weighted by Crippen LogP contribution is 2.38. The molecule has 1 unspecified atom stereocenters. The van der Waals surface area contributed by atoms with Gasteiger partial charge in [-0.3, -0.25) is 9.69 Å². The van der Waals surface area contributed by atoms with E-state index in [0.717, 1.165) is 45.3 Å². The third-order valence-electron chi connectivity index (χ3n) is 4.89. The molecule has 19 heavy (non-hydrogen) atoms. The van der Waals surface area contributed by atoms with Gasteiger partial charge in [0.15, 0.2) is 9.84 Å². The number of likely N-dealkylation sites (tertiary alicyclic amines) is 2. The van der Waals surface area contributed by atoms with Crippen LogP contribution in [0.3, 0.4) is 0 Å². The van der Waals surface area contributed by atoms with Gasteiger partial charge in [0.05, 0.1) is 18.1 Å². The standard InChI is InChI=1S/C13H22N2O3S/c16-12(14-6-1-2-7-14)10-15-8-3-4-13(15)5-9-19(17,18)11-13/h1-11H2. The van der Waals surface area contributed by atoms with E-state index in [4.69, 9.17) is 0 Å². The van der Waals surface area contributed by atoms with Gasteiger partial charge in [0.25, 0.3) is 0 Å². The molecule has 0 radical (unpaired) electrons. The first-order chi connectivity index (χ1) is 9.01. The molecule has 1 atom stereocenters. The molecule has 3 fully saturated rings. The van der Waals surface area contributed by atoms with Crippen molar-refractivity contribution in [2.75, 3.05) is 37.7 Å². The molecule has 3 heterocycles. The first kappa shape index (κ1) is 13.4. The molecule has 0 aliphatic carbocycles. The predicted molar refractivity (Wildman–Crippen MR) is 72.6 cm³/mol. The lowest BCUT2D eigenvalue weighted by Gasteiger charge is -2.34. The molecule has 0 saturated carbocycles. The van der Waals surface area contributed by atoms with Crippen molar-refractivity contribution in [2.45, 2.75) is 37.6 Å². The van der Waals surface area contributed by atoms with E-state index >= 15 is 0 Å². The van der Waals surface area contributed by atoms with Gasteiger partial charge in [-0.2, -0.15) is 0 Å². The molecule has 0 bridgehead atoms. The fourth-order valence-electron chi connectivity index (χ4n) is 3.82. The normalized spacial score (nSPS) is 34.4. The van der Waals surface area contributed by atoms with E-state index in [2.05, 4.69) is 4.90 Å². The maximum Gasteiger partial charge on any atom is 0.236 e. The summed E-state index contributed by atoms with van der Waals surface area (Å²) >= 11 is 0. The summed E-state index contributed by atoms with van der Waals surface area (Å²) in [6.45, 7) is 3.03. The Bertz CT molecular complexity index is 470. The van der Waals surface area contributed by atoms with Crippen LogP contribution in [0.25, 0.3) is 0 Å². The maximum atomic E-state index is 12.2. The number of carbonyl (C=O) groups is 1. The summed E-state index contributed by atoms with van der Waals surface area (Å²) in [5.41, 5.74) is -0.228. The van der Waals surface area contributed by atoms with Crippen LogP contribution in [-0.4, -0.2) is 67.3 Å². The zero-order valence-corrected chi connectivity index (χ0v) is 12.1. The average Bonchev–Trinajstić information content (AvgIpc) is 3.02. The highest BCUT2D eigenvalue weighted by molar-refractivity contribution is 7.91. The van der Waals surface area contributed by atoms with Gasteiger partial charge in [0, 0.05) is 18.6 Å². The number of amides is 1. The van der Waals surface area contributed by atoms with Crippen LogP contribution in [-0.2, 0) is 14.6 Å². The summed E-state index contributed by atoms with van der Waals surface area (Å²) in [6, 6.07) is 0. The van der Waals surface area contributed by atoms with E-state index in [0.29, 0.717) is 18.7 Å². The highest BCUT2D eigenvalue weighted by Gasteiger charge is 2.49. The van der Waals surface area contributed by atoms with E-state index < -0.39 is 9.84 Å². The van der Waals surface area contributed by atoms with Gasteiger partial charge in [0.2, 0.25) is 5.91 Å². The van der Waals surface area contributed by atoms with Crippen molar-refractivity contribution in [3.05, 3.63) is 0 Å². The number of rotatable bonds is 2. The number of hydrogen-bond acceptors (Lipinski definition) is 4. The number of hydrogen-bond donors (Lipinski definition) is 0. The zero-order valence-electron chi connectivity index (χ0n) is 11.3. The third kappa shape index (κ3) is 2.52. The first-order valence-electron chi connectivity index (χ1n) is 7.24. The van der Waals surface area contributed by atoms with Crippen LogP contribution in [0.2, 0.25) is 0 Å². The van der Waals surface area contributed by atoms with E-state index in [9.17, 15) is 13.2 Å². The third-order valence-corrected chi connectivity index (χ3v) is 6.70. The van der Waals surface area contributed by atoms with Crippen molar-refractivity contribution in [1.29, 1.82) is 0 Å². The van der Waals surface area contributed by atoms with E-state index in [1.807, 2.05) is 4.90 Å². The van der Waals surface area contributed by atoms with Crippen LogP contribution >= 0.6 is 0 Å². The number of sulfone groups is 1. The molecule has 0 aromatic rings. The van der Waals surface area contributed by atoms with E-state index in [1.165, 1.54) is 0 Å². The van der Waals surface area contributed by atoms with E-state index in [-0.39, 0.29) is 17.2 Å². The Hall–Kier alpha value is -0.620. The first-order valence-corrected chi connectivity index (χ1v) is 9.06. The maximum absolute atomic E-state index is 12.2. The summed E-state index contributed by atoms with van der Waals surface area (Å²) in [4.78, 5) is 16.3. The van der Waals surface area contributed by atoms with Crippen LogP contribution in [0, 0.1) is 0 Å².